The average Bonchev–Trinajstić information content (AvgIpc) is 1.87. The monoisotopic (exact) mass is 380 g/mol. The first-order valence-corrected chi connectivity index (χ1v) is 6.85. The molecule has 0 aliphatic rings. The molecule has 0 aromatic rings. The van der Waals surface area contributed by atoms with Crippen molar-refractivity contribution in [2.45, 2.75) is 47.9 Å². The van der Waals surface area contributed by atoms with Crippen molar-refractivity contribution in [3.05, 3.63) is 0 Å². The second-order valence-electron chi connectivity index (χ2n) is 3.38. The molecule has 0 aliphatic heterocycles. The number of hydrogen-bond acceptors (Lipinski definition) is 0. The van der Waals surface area contributed by atoms with Crippen LogP contribution >= 0.6 is 45.2 Å². The van der Waals surface area contributed by atoms with E-state index < -0.39 is 0 Å². The van der Waals surface area contributed by atoms with Crippen molar-refractivity contribution in [3.8, 4) is 0 Å². The number of hydrogen-bond donors (Lipinski definition) is 0. The Labute approximate surface area is 98.2 Å². The Bertz CT molecular complexity index is 91.6. The Morgan fingerprint density at radius 2 is 1.73 bits per heavy atom. The van der Waals surface area contributed by atoms with Gasteiger partial charge in [0, 0.05) is 7.85 Å². The summed E-state index contributed by atoms with van der Waals surface area (Å²) in [5.41, 5.74) is 0. The van der Waals surface area contributed by atoms with Crippen molar-refractivity contribution in [3.63, 3.8) is 0 Å². The topological polar surface area (TPSA) is 0 Å². The molecule has 2 unspecified atom stereocenters. The number of alkyl halides is 2. The standard InChI is InChI=1S/C9H18I2/c1-4-5-8(10)6-9(11)7(2)3/h7-9H,4-6H2,1-3H3. The van der Waals surface area contributed by atoms with Crippen molar-refractivity contribution < 1.29 is 0 Å². The third-order valence-corrected chi connectivity index (χ3v) is 4.88. The molecule has 0 heterocycles. The van der Waals surface area contributed by atoms with Crippen LogP contribution in [0.3, 0.4) is 0 Å². The molecule has 0 N–H and O–H groups in total. The maximum absolute atomic E-state index is 2.59. The minimum atomic E-state index is 0.838. The molecule has 68 valence electrons. The molecule has 0 aliphatic carbocycles. The summed E-state index contributed by atoms with van der Waals surface area (Å²) in [6.45, 7) is 6.89. The molecule has 0 saturated heterocycles. The highest BCUT2D eigenvalue weighted by Gasteiger charge is 2.13. The smallest absolute Gasteiger partial charge is 0.0143 e. The van der Waals surface area contributed by atoms with Gasteiger partial charge in [0.1, 0.15) is 0 Å². The summed E-state index contributed by atoms with van der Waals surface area (Å²) >= 11 is 5.17. The molecule has 0 aromatic carbocycles. The van der Waals surface area contributed by atoms with E-state index in [-0.39, 0.29) is 0 Å². The van der Waals surface area contributed by atoms with E-state index in [2.05, 4.69) is 66.0 Å². The van der Waals surface area contributed by atoms with E-state index in [4.69, 9.17) is 0 Å². The Balaban J connectivity index is 3.48. The zero-order valence-electron chi connectivity index (χ0n) is 7.61. The molecule has 2 atom stereocenters. The van der Waals surface area contributed by atoms with E-state index >= 15 is 0 Å². The first kappa shape index (κ1) is 12.5. The van der Waals surface area contributed by atoms with Crippen LogP contribution in [0.5, 0.6) is 0 Å². The zero-order chi connectivity index (χ0) is 8.85. The van der Waals surface area contributed by atoms with Gasteiger partial charge >= 0.3 is 0 Å². The molecular weight excluding hydrogens is 362 g/mol. The third-order valence-electron chi connectivity index (χ3n) is 1.81. The molecule has 0 aromatic heterocycles. The van der Waals surface area contributed by atoms with Crippen LogP contribution in [0, 0.1) is 5.92 Å². The fourth-order valence-corrected chi connectivity index (χ4v) is 3.71. The molecule has 0 fully saturated rings. The molecule has 11 heavy (non-hydrogen) atoms. The summed E-state index contributed by atoms with van der Waals surface area (Å²) in [6, 6.07) is 0. The fraction of sp³-hybridized carbons (Fsp3) is 1.00. The van der Waals surface area contributed by atoms with Crippen LogP contribution < -0.4 is 0 Å². The Morgan fingerprint density at radius 3 is 2.09 bits per heavy atom. The molecular formula is C9H18I2. The minimum absolute atomic E-state index is 0.838. The largest absolute Gasteiger partial charge is 0.0826 e. The van der Waals surface area contributed by atoms with Crippen LogP contribution in [-0.2, 0) is 0 Å². The quantitative estimate of drug-likeness (QED) is 0.489. The van der Waals surface area contributed by atoms with Gasteiger partial charge in [-0.1, -0.05) is 72.4 Å². The van der Waals surface area contributed by atoms with Crippen LogP contribution in [0.1, 0.15) is 40.0 Å². The summed E-state index contributed by atoms with van der Waals surface area (Å²) in [4.78, 5) is 0. The SMILES string of the molecule is CCCC(I)CC(I)C(C)C. The molecule has 2 heteroatoms. The van der Waals surface area contributed by atoms with Crippen molar-refractivity contribution in [1.82, 2.24) is 0 Å². The molecule has 0 amide bonds. The summed E-state index contributed by atoms with van der Waals surface area (Å²) < 4.78 is 1.75. The van der Waals surface area contributed by atoms with Crippen LogP contribution in [0.4, 0.5) is 0 Å². The highest BCUT2D eigenvalue weighted by atomic mass is 127. The van der Waals surface area contributed by atoms with Crippen LogP contribution in [-0.4, -0.2) is 7.85 Å². The predicted octanol–water partition coefficient (Wildman–Crippen LogP) is 4.44. The van der Waals surface area contributed by atoms with Crippen molar-refractivity contribution in [2.75, 3.05) is 0 Å². The first-order chi connectivity index (χ1) is 5.07. The summed E-state index contributed by atoms with van der Waals surface area (Å²) in [5, 5.41) is 0. The van der Waals surface area contributed by atoms with Gasteiger partial charge in [-0.15, -0.1) is 0 Å². The average molecular weight is 380 g/mol. The van der Waals surface area contributed by atoms with E-state index in [1.165, 1.54) is 19.3 Å². The summed E-state index contributed by atoms with van der Waals surface area (Å²) in [7, 11) is 0. The Hall–Kier alpha value is 1.46. The normalized spacial score (nSPS) is 16.9. The van der Waals surface area contributed by atoms with Gasteiger partial charge in [-0.3, -0.25) is 0 Å². The maximum Gasteiger partial charge on any atom is 0.0143 e. The predicted molar refractivity (Wildman–Crippen MR) is 70.0 cm³/mol. The zero-order valence-corrected chi connectivity index (χ0v) is 11.9. The van der Waals surface area contributed by atoms with E-state index in [1.807, 2.05) is 0 Å². The molecule has 0 saturated carbocycles. The molecule has 0 rings (SSSR count). The van der Waals surface area contributed by atoms with Gasteiger partial charge in [0.25, 0.3) is 0 Å². The number of rotatable bonds is 5. The highest BCUT2D eigenvalue weighted by molar-refractivity contribution is 14.1. The second kappa shape index (κ2) is 6.92. The van der Waals surface area contributed by atoms with Crippen molar-refractivity contribution in [1.29, 1.82) is 0 Å². The van der Waals surface area contributed by atoms with Gasteiger partial charge in [-0.25, -0.2) is 0 Å². The third kappa shape index (κ3) is 6.61. The molecule has 0 bridgehead atoms. The molecule has 0 radical (unpaired) electrons. The Morgan fingerprint density at radius 1 is 1.18 bits per heavy atom. The van der Waals surface area contributed by atoms with Crippen LogP contribution in [0.25, 0.3) is 0 Å². The van der Waals surface area contributed by atoms with Gasteiger partial charge in [-0.2, -0.15) is 0 Å². The lowest BCUT2D eigenvalue weighted by atomic mass is 10.0. The first-order valence-electron chi connectivity index (χ1n) is 4.36. The second-order valence-corrected chi connectivity index (χ2v) is 6.74. The van der Waals surface area contributed by atoms with Gasteiger partial charge in [0.2, 0.25) is 0 Å². The van der Waals surface area contributed by atoms with E-state index in [1.54, 1.807) is 0 Å². The van der Waals surface area contributed by atoms with E-state index in [0.29, 0.717) is 0 Å². The van der Waals surface area contributed by atoms with Gasteiger partial charge in [0.05, 0.1) is 0 Å². The summed E-state index contributed by atoms with van der Waals surface area (Å²) in [6.07, 6.45) is 4.09. The lowest BCUT2D eigenvalue weighted by Crippen LogP contribution is -2.12. The lowest BCUT2D eigenvalue weighted by Gasteiger charge is -2.16. The highest BCUT2D eigenvalue weighted by Crippen LogP contribution is 2.24. The lowest BCUT2D eigenvalue weighted by molar-refractivity contribution is 0.572. The van der Waals surface area contributed by atoms with E-state index in [9.17, 15) is 0 Å². The molecule has 0 nitrogen and oxygen atoms in total. The van der Waals surface area contributed by atoms with Crippen molar-refractivity contribution >= 4 is 45.2 Å². The minimum Gasteiger partial charge on any atom is -0.0826 e. The molecule has 0 spiro atoms. The van der Waals surface area contributed by atoms with Gasteiger partial charge < -0.3 is 0 Å². The van der Waals surface area contributed by atoms with Crippen LogP contribution in [0.15, 0.2) is 0 Å². The summed E-state index contributed by atoms with van der Waals surface area (Å²) in [5.74, 6) is 0.838. The van der Waals surface area contributed by atoms with Crippen LogP contribution in [0.2, 0.25) is 0 Å². The number of halogens is 2. The van der Waals surface area contributed by atoms with Gasteiger partial charge in [0.15, 0.2) is 0 Å². The van der Waals surface area contributed by atoms with E-state index in [0.717, 1.165) is 13.8 Å². The maximum atomic E-state index is 2.59. The van der Waals surface area contributed by atoms with Gasteiger partial charge in [-0.05, 0) is 18.8 Å². The van der Waals surface area contributed by atoms with Crippen molar-refractivity contribution in [2.24, 2.45) is 5.92 Å². The Kier molecular flexibility index (Phi) is 7.84. The fourth-order valence-electron chi connectivity index (χ4n) is 0.948.